The maximum Gasteiger partial charge on any atom is 0.407 e. The van der Waals surface area contributed by atoms with Crippen LogP contribution in [0.2, 0.25) is 0 Å². The number of nitrogens with two attached hydrogens (primary N) is 1. The number of hydrogen-bond donors (Lipinski definition) is 5. The average molecular weight is 610 g/mol. The zero-order chi connectivity index (χ0) is 31.7. The third-order valence-electron chi connectivity index (χ3n) is 7.76. The van der Waals surface area contributed by atoms with E-state index in [9.17, 15) is 15.0 Å². The largest absolute Gasteiger partial charge is 0.504 e. The fraction of sp³-hybridized carbons (Fsp3) is 0.300. The van der Waals surface area contributed by atoms with Crippen LogP contribution in [0.15, 0.2) is 78.0 Å². The first-order chi connectivity index (χ1) is 21.0. The number of amidine groups is 1. The number of aromatic hydroxyl groups is 1. The zero-order valence-corrected chi connectivity index (χ0v) is 24.3. The molecule has 5 rings (SSSR count). The van der Waals surface area contributed by atoms with E-state index in [4.69, 9.17) is 20.6 Å². The van der Waals surface area contributed by atoms with Crippen molar-refractivity contribution in [3.05, 3.63) is 83.5 Å². The minimum atomic E-state index is -1.66. The number of nitrogens with zero attached hydrogens (tertiary/aromatic N) is 4. The highest BCUT2D eigenvalue weighted by molar-refractivity contribution is 5.95. The van der Waals surface area contributed by atoms with Crippen molar-refractivity contribution in [3.63, 3.8) is 0 Å². The number of benzene rings is 2. The standard InChI is InChI=1S/C30H33F2N7O5/c1-16-13-17(9-11-38(16)30(41)42)23-24(31)28(43-20-6-4-5-19(14-20)27-36-10-12-37(27)3)39(35-2)29(25(23)32)44-22-15-18(26(33)34)7-8-21(22)40/h4-8,10,12,14-17,29,35,40H,9,11,13H2,1-3H3,(H3,33,34)(H,41,42). The number of likely N-dealkylation sites (tertiary alicyclic amines) is 1. The molecule has 0 saturated carbocycles. The SMILES string of the molecule is CNN1C(Oc2cccc(-c3nccn3C)c2)=C(F)C(C2CCN(C(=O)O)C(C)C2)=C(F)C1Oc1cc(C(=N)N)ccc1O. The lowest BCUT2D eigenvalue weighted by Crippen LogP contribution is -2.51. The van der Waals surface area contributed by atoms with Crippen LogP contribution in [0.1, 0.15) is 25.3 Å². The van der Waals surface area contributed by atoms with Crippen molar-refractivity contribution < 1.29 is 33.3 Å². The van der Waals surface area contributed by atoms with Gasteiger partial charge in [-0.25, -0.2) is 29.0 Å². The Morgan fingerprint density at radius 1 is 1.23 bits per heavy atom. The van der Waals surface area contributed by atoms with E-state index in [-0.39, 0.29) is 53.6 Å². The molecule has 0 radical (unpaired) electrons. The molecule has 44 heavy (non-hydrogen) atoms. The van der Waals surface area contributed by atoms with Crippen LogP contribution in [-0.2, 0) is 7.05 Å². The smallest absolute Gasteiger partial charge is 0.407 e. The third-order valence-corrected chi connectivity index (χ3v) is 7.76. The second-order valence-electron chi connectivity index (χ2n) is 10.6. The summed E-state index contributed by atoms with van der Waals surface area (Å²) < 4.78 is 46.9. The fourth-order valence-corrected chi connectivity index (χ4v) is 5.54. The average Bonchev–Trinajstić information content (AvgIpc) is 3.42. The van der Waals surface area contributed by atoms with Crippen LogP contribution < -0.4 is 20.6 Å². The Morgan fingerprint density at radius 3 is 2.64 bits per heavy atom. The lowest BCUT2D eigenvalue weighted by molar-refractivity contribution is -0.0112. The summed E-state index contributed by atoms with van der Waals surface area (Å²) in [6, 6.07) is 10.2. The number of ether oxygens (including phenoxy) is 2. The molecule has 0 spiro atoms. The van der Waals surface area contributed by atoms with Gasteiger partial charge < -0.3 is 34.9 Å². The molecule has 2 aliphatic heterocycles. The van der Waals surface area contributed by atoms with Gasteiger partial charge >= 0.3 is 6.09 Å². The van der Waals surface area contributed by atoms with Crippen LogP contribution in [0.25, 0.3) is 11.4 Å². The van der Waals surface area contributed by atoms with Crippen molar-refractivity contribution in [1.29, 1.82) is 5.41 Å². The number of piperidine rings is 1. The molecule has 1 amide bonds. The van der Waals surface area contributed by atoms with Crippen molar-refractivity contribution in [3.8, 4) is 28.6 Å². The Morgan fingerprint density at radius 2 is 2.00 bits per heavy atom. The molecule has 2 aliphatic rings. The number of rotatable bonds is 8. The normalized spacial score (nSPS) is 20.6. The molecule has 3 unspecified atom stereocenters. The Hall–Kier alpha value is -5.11. The van der Waals surface area contributed by atoms with Gasteiger partial charge in [-0.3, -0.25) is 5.41 Å². The van der Waals surface area contributed by atoms with E-state index in [0.717, 1.165) is 5.01 Å². The fourth-order valence-electron chi connectivity index (χ4n) is 5.54. The molecule has 0 bridgehead atoms. The number of carboxylic acid groups (broad SMARTS) is 1. The molecule has 1 fully saturated rings. The molecule has 6 N–H and O–H groups in total. The van der Waals surface area contributed by atoms with Gasteiger partial charge in [0.15, 0.2) is 23.2 Å². The number of allylic oxidation sites excluding steroid dienone is 2. The van der Waals surface area contributed by atoms with E-state index in [1.807, 2.05) is 17.7 Å². The monoisotopic (exact) mass is 609 g/mol. The number of nitrogen functional groups attached to an aromatic ring is 1. The van der Waals surface area contributed by atoms with Gasteiger partial charge in [-0.2, -0.15) is 0 Å². The minimum Gasteiger partial charge on any atom is -0.504 e. The van der Waals surface area contributed by atoms with E-state index in [0.29, 0.717) is 11.4 Å². The van der Waals surface area contributed by atoms with Gasteiger partial charge in [0, 0.05) is 55.8 Å². The van der Waals surface area contributed by atoms with Gasteiger partial charge in [0.05, 0.1) is 0 Å². The maximum absolute atomic E-state index is 16.5. The number of carbonyl (C=O) groups is 1. The summed E-state index contributed by atoms with van der Waals surface area (Å²) in [5, 5.41) is 28.8. The molecule has 232 valence electrons. The molecule has 3 aromatic rings. The molecular formula is C30H33F2N7O5. The summed E-state index contributed by atoms with van der Waals surface area (Å²) in [5.41, 5.74) is 8.93. The van der Waals surface area contributed by atoms with Gasteiger partial charge in [-0.05, 0) is 56.0 Å². The molecule has 14 heteroatoms. The van der Waals surface area contributed by atoms with Crippen molar-refractivity contribution >= 4 is 11.9 Å². The van der Waals surface area contributed by atoms with Gasteiger partial charge in [0.2, 0.25) is 6.23 Å². The number of hydrogen-bond acceptors (Lipinski definition) is 8. The first kappa shape index (κ1) is 30.4. The van der Waals surface area contributed by atoms with E-state index in [1.54, 1.807) is 37.5 Å². The van der Waals surface area contributed by atoms with Crippen molar-refractivity contribution in [1.82, 2.24) is 24.9 Å². The third kappa shape index (κ3) is 5.75. The first-order valence-electron chi connectivity index (χ1n) is 13.9. The van der Waals surface area contributed by atoms with Crippen LogP contribution in [0.5, 0.6) is 17.2 Å². The quantitative estimate of drug-likeness (QED) is 0.183. The van der Waals surface area contributed by atoms with Crippen LogP contribution in [0.4, 0.5) is 13.6 Å². The second kappa shape index (κ2) is 12.2. The Bertz CT molecular complexity index is 1660. The van der Waals surface area contributed by atoms with Crippen LogP contribution in [0, 0.1) is 11.3 Å². The lowest BCUT2D eigenvalue weighted by atomic mass is 9.83. The van der Waals surface area contributed by atoms with Crippen LogP contribution >= 0.6 is 0 Å². The highest BCUT2D eigenvalue weighted by Crippen LogP contribution is 2.43. The predicted octanol–water partition coefficient (Wildman–Crippen LogP) is 4.45. The van der Waals surface area contributed by atoms with Crippen LogP contribution in [0.3, 0.4) is 0 Å². The van der Waals surface area contributed by atoms with E-state index >= 15 is 8.78 Å². The van der Waals surface area contributed by atoms with Gasteiger partial charge in [0.25, 0.3) is 5.88 Å². The highest BCUT2D eigenvalue weighted by atomic mass is 19.1. The summed E-state index contributed by atoms with van der Waals surface area (Å²) in [7, 11) is 3.26. The molecule has 2 aromatic carbocycles. The van der Waals surface area contributed by atoms with Gasteiger partial charge in [-0.15, -0.1) is 0 Å². The minimum absolute atomic E-state index is 0.0792. The molecule has 0 aliphatic carbocycles. The molecular weight excluding hydrogens is 576 g/mol. The Kier molecular flexibility index (Phi) is 8.45. The second-order valence-corrected chi connectivity index (χ2v) is 10.6. The number of aryl methyl sites for hydroxylation is 1. The van der Waals surface area contributed by atoms with Crippen LogP contribution in [-0.4, -0.2) is 67.5 Å². The summed E-state index contributed by atoms with van der Waals surface area (Å²) in [4.78, 5) is 17.2. The number of halogens is 2. The van der Waals surface area contributed by atoms with E-state index in [2.05, 4.69) is 10.4 Å². The van der Waals surface area contributed by atoms with Gasteiger partial charge in [0.1, 0.15) is 17.4 Å². The predicted molar refractivity (Wildman–Crippen MR) is 157 cm³/mol. The number of nitrogens with one attached hydrogen (secondary N) is 2. The summed E-state index contributed by atoms with van der Waals surface area (Å²) >= 11 is 0. The van der Waals surface area contributed by atoms with E-state index < -0.39 is 41.8 Å². The number of hydrazine groups is 1. The highest BCUT2D eigenvalue weighted by Gasteiger charge is 2.44. The topological polar surface area (TPSA) is 162 Å². The Balaban J connectivity index is 1.58. The van der Waals surface area contributed by atoms with E-state index in [1.165, 1.54) is 30.1 Å². The summed E-state index contributed by atoms with van der Waals surface area (Å²) in [6.07, 6.45) is 0.968. The summed E-state index contributed by atoms with van der Waals surface area (Å²) in [5.74, 6) is -3.07. The number of aromatic nitrogens is 2. The molecule has 1 saturated heterocycles. The number of phenols is 1. The molecule has 3 atom stereocenters. The molecule has 1 aromatic heterocycles. The zero-order valence-electron chi connectivity index (χ0n) is 24.3. The maximum atomic E-state index is 16.5. The number of imidazole rings is 1. The van der Waals surface area contributed by atoms with Crippen molar-refractivity contribution in [2.75, 3.05) is 13.6 Å². The van der Waals surface area contributed by atoms with Crippen molar-refractivity contribution in [2.45, 2.75) is 32.0 Å². The van der Waals surface area contributed by atoms with Gasteiger partial charge in [-0.1, -0.05) is 12.1 Å². The number of amides is 1. The molecule has 3 heterocycles. The summed E-state index contributed by atoms with van der Waals surface area (Å²) in [6.45, 7) is 1.76. The number of phenolic OH excluding ortho intramolecular Hbond substituents is 1. The van der Waals surface area contributed by atoms with Crippen molar-refractivity contribution in [2.24, 2.45) is 18.7 Å². The lowest BCUT2D eigenvalue weighted by Gasteiger charge is -2.41. The molecule has 12 nitrogen and oxygen atoms in total. The Labute approximate surface area is 252 Å². The first-order valence-corrected chi connectivity index (χ1v) is 13.9.